The van der Waals surface area contributed by atoms with E-state index in [1.54, 1.807) is 0 Å². The molecule has 2 N–H and O–H groups in total. The first-order chi connectivity index (χ1) is 5.64. The van der Waals surface area contributed by atoms with Gasteiger partial charge in [0.25, 0.3) is 0 Å². The standard InChI is InChI=1S/C10H18O2/c1-7-3-2-4-8-9(11)5-6-10(7,8)12/h7-9,11-12H,2-6H2,1H3. The second-order valence-electron chi connectivity index (χ2n) is 4.54. The van der Waals surface area contributed by atoms with E-state index in [9.17, 15) is 10.2 Å². The first-order valence-electron chi connectivity index (χ1n) is 5.05. The highest BCUT2D eigenvalue weighted by atomic mass is 16.3. The van der Waals surface area contributed by atoms with Crippen LogP contribution in [0.3, 0.4) is 0 Å². The molecule has 0 bridgehead atoms. The summed E-state index contributed by atoms with van der Waals surface area (Å²) in [7, 11) is 0. The van der Waals surface area contributed by atoms with Crippen LogP contribution in [-0.4, -0.2) is 21.9 Å². The van der Waals surface area contributed by atoms with E-state index in [0.29, 0.717) is 5.92 Å². The Morgan fingerprint density at radius 1 is 1.25 bits per heavy atom. The molecule has 0 aromatic heterocycles. The molecule has 0 heterocycles. The first kappa shape index (κ1) is 8.52. The molecule has 12 heavy (non-hydrogen) atoms. The summed E-state index contributed by atoms with van der Waals surface area (Å²) in [5, 5.41) is 19.9. The number of aliphatic hydroxyl groups is 2. The molecule has 0 amide bonds. The second kappa shape index (κ2) is 2.71. The van der Waals surface area contributed by atoms with E-state index in [0.717, 1.165) is 25.7 Å². The van der Waals surface area contributed by atoms with Crippen LogP contribution in [0.25, 0.3) is 0 Å². The monoisotopic (exact) mass is 170 g/mol. The third kappa shape index (κ3) is 1.01. The summed E-state index contributed by atoms with van der Waals surface area (Å²) in [5.41, 5.74) is -0.530. The Kier molecular flexibility index (Phi) is 1.92. The number of hydrogen-bond donors (Lipinski definition) is 2. The minimum absolute atomic E-state index is 0.168. The Balaban J connectivity index is 2.21. The van der Waals surface area contributed by atoms with Gasteiger partial charge in [-0.2, -0.15) is 0 Å². The summed E-state index contributed by atoms with van der Waals surface area (Å²) >= 11 is 0. The van der Waals surface area contributed by atoms with Crippen molar-refractivity contribution in [3.63, 3.8) is 0 Å². The molecule has 2 aliphatic rings. The molecule has 0 saturated heterocycles. The summed E-state index contributed by atoms with van der Waals surface area (Å²) in [6.07, 6.45) is 4.68. The van der Waals surface area contributed by atoms with Gasteiger partial charge in [0.15, 0.2) is 0 Å². The highest BCUT2D eigenvalue weighted by Crippen LogP contribution is 2.48. The third-order valence-electron chi connectivity index (χ3n) is 3.95. The molecule has 2 rings (SSSR count). The lowest BCUT2D eigenvalue weighted by Gasteiger charge is -2.41. The molecule has 2 saturated carbocycles. The highest BCUT2D eigenvalue weighted by Gasteiger charge is 2.51. The molecule has 0 aromatic rings. The predicted molar refractivity (Wildman–Crippen MR) is 46.7 cm³/mol. The van der Waals surface area contributed by atoms with E-state index in [2.05, 4.69) is 6.92 Å². The van der Waals surface area contributed by atoms with Crippen LogP contribution in [0.15, 0.2) is 0 Å². The van der Waals surface area contributed by atoms with Crippen molar-refractivity contribution in [2.75, 3.05) is 0 Å². The topological polar surface area (TPSA) is 40.5 Å². The van der Waals surface area contributed by atoms with Crippen molar-refractivity contribution in [2.24, 2.45) is 11.8 Å². The van der Waals surface area contributed by atoms with Gasteiger partial charge in [0.1, 0.15) is 0 Å². The molecule has 4 atom stereocenters. The van der Waals surface area contributed by atoms with Gasteiger partial charge >= 0.3 is 0 Å². The van der Waals surface area contributed by atoms with Gasteiger partial charge in [-0.25, -0.2) is 0 Å². The summed E-state index contributed by atoms with van der Waals surface area (Å²) in [6.45, 7) is 2.12. The van der Waals surface area contributed by atoms with Crippen molar-refractivity contribution in [2.45, 2.75) is 50.7 Å². The average molecular weight is 170 g/mol. The fraction of sp³-hybridized carbons (Fsp3) is 1.00. The van der Waals surface area contributed by atoms with Gasteiger partial charge in [0, 0.05) is 5.92 Å². The van der Waals surface area contributed by atoms with Crippen LogP contribution in [0.5, 0.6) is 0 Å². The Labute approximate surface area is 73.6 Å². The Hall–Kier alpha value is -0.0800. The molecule has 2 aliphatic carbocycles. The quantitative estimate of drug-likeness (QED) is 0.575. The van der Waals surface area contributed by atoms with Gasteiger partial charge in [0.2, 0.25) is 0 Å². The van der Waals surface area contributed by atoms with Crippen LogP contribution in [0.1, 0.15) is 39.0 Å². The lowest BCUT2D eigenvalue weighted by molar-refractivity contribution is -0.0899. The van der Waals surface area contributed by atoms with Gasteiger partial charge in [-0.3, -0.25) is 0 Å². The summed E-state index contributed by atoms with van der Waals surface area (Å²) in [4.78, 5) is 0. The molecule has 2 fully saturated rings. The maximum Gasteiger partial charge on any atom is 0.0726 e. The molecule has 0 radical (unpaired) electrons. The maximum atomic E-state index is 10.3. The van der Waals surface area contributed by atoms with Crippen LogP contribution in [0.2, 0.25) is 0 Å². The minimum Gasteiger partial charge on any atom is -0.393 e. The van der Waals surface area contributed by atoms with Crippen molar-refractivity contribution < 1.29 is 10.2 Å². The zero-order valence-electron chi connectivity index (χ0n) is 7.66. The van der Waals surface area contributed by atoms with Crippen molar-refractivity contribution in [3.05, 3.63) is 0 Å². The zero-order chi connectivity index (χ0) is 8.77. The van der Waals surface area contributed by atoms with E-state index in [1.165, 1.54) is 6.42 Å². The van der Waals surface area contributed by atoms with Crippen molar-refractivity contribution >= 4 is 0 Å². The van der Waals surface area contributed by atoms with Gasteiger partial charge in [-0.1, -0.05) is 13.3 Å². The predicted octanol–water partition coefficient (Wildman–Crippen LogP) is 1.31. The molecule has 2 nitrogen and oxygen atoms in total. The second-order valence-corrected chi connectivity index (χ2v) is 4.54. The van der Waals surface area contributed by atoms with E-state index >= 15 is 0 Å². The molecule has 70 valence electrons. The first-order valence-corrected chi connectivity index (χ1v) is 5.05. The summed E-state index contributed by atoms with van der Waals surface area (Å²) in [6, 6.07) is 0. The molecular formula is C10H18O2. The minimum atomic E-state index is -0.530. The van der Waals surface area contributed by atoms with Gasteiger partial charge in [0.05, 0.1) is 11.7 Å². The number of fused-ring (bicyclic) bond motifs is 1. The molecule has 0 aliphatic heterocycles. The normalized spacial score (nSPS) is 53.8. The SMILES string of the molecule is CC1CCCC2C(O)CCC12O. The van der Waals surface area contributed by atoms with Crippen LogP contribution in [-0.2, 0) is 0 Å². The number of rotatable bonds is 0. The maximum absolute atomic E-state index is 10.3. The van der Waals surface area contributed by atoms with E-state index in [-0.39, 0.29) is 12.0 Å². The smallest absolute Gasteiger partial charge is 0.0726 e. The molecule has 0 aromatic carbocycles. The third-order valence-corrected chi connectivity index (χ3v) is 3.95. The van der Waals surface area contributed by atoms with Crippen LogP contribution in [0.4, 0.5) is 0 Å². The number of hydrogen-bond acceptors (Lipinski definition) is 2. The average Bonchev–Trinajstić information content (AvgIpc) is 2.33. The van der Waals surface area contributed by atoms with Gasteiger partial charge in [-0.15, -0.1) is 0 Å². The Morgan fingerprint density at radius 2 is 2.00 bits per heavy atom. The highest BCUT2D eigenvalue weighted by molar-refractivity contribution is 5.02. The van der Waals surface area contributed by atoms with Crippen molar-refractivity contribution in [3.8, 4) is 0 Å². The van der Waals surface area contributed by atoms with E-state index in [4.69, 9.17) is 0 Å². The lowest BCUT2D eigenvalue weighted by Crippen LogP contribution is -2.45. The molecular weight excluding hydrogens is 152 g/mol. The van der Waals surface area contributed by atoms with Gasteiger partial charge < -0.3 is 10.2 Å². The van der Waals surface area contributed by atoms with Crippen LogP contribution >= 0.6 is 0 Å². The zero-order valence-corrected chi connectivity index (χ0v) is 7.66. The van der Waals surface area contributed by atoms with Crippen molar-refractivity contribution in [1.29, 1.82) is 0 Å². The molecule has 2 heteroatoms. The molecule has 4 unspecified atom stereocenters. The van der Waals surface area contributed by atoms with Gasteiger partial charge in [-0.05, 0) is 31.6 Å². The van der Waals surface area contributed by atoms with Crippen molar-refractivity contribution in [1.82, 2.24) is 0 Å². The number of aliphatic hydroxyl groups excluding tert-OH is 1. The lowest BCUT2D eigenvalue weighted by atomic mass is 9.70. The fourth-order valence-corrected chi connectivity index (χ4v) is 3.05. The molecule has 0 spiro atoms. The summed E-state index contributed by atoms with van der Waals surface area (Å²) < 4.78 is 0. The fourth-order valence-electron chi connectivity index (χ4n) is 3.05. The largest absolute Gasteiger partial charge is 0.393 e. The Bertz CT molecular complexity index is 181. The summed E-state index contributed by atoms with van der Waals surface area (Å²) in [5.74, 6) is 0.551. The van der Waals surface area contributed by atoms with Crippen LogP contribution in [0, 0.1) is 11.8 Å². The van der Waals surface area contributed by atoms with Crippen LogP contribution < -0.4 is 0 Å². The Morgan fingerprint density at radius 3 is 2.67 bits per heavy atom. The van der Waals surface area contributed by atoms with E-state index in [1.807, 2.05) is 0 Å². The van der Waals surface area contributed by atoms with E-state index < -0.39 is 5.60 Å².